The van der Waals surface area contributed by atoms with Gasteiger partial charge in [-0.25, -0.2) is 0 Å². The van der Waals surface area contributed by atoms with Crippen molar-refractivity contribution in [1.82, 2.24) is 4.98 Å². The smallest absolute Gasteiger partial charge is 0.0648 e. The van der Waals surface area contributed by atoms with Gasteiger partial charge in [-0.3, -0.25) is 4.98 Å². The molecular weight excluding hydrogens is 244 g/mol. The summed E-state index contributed by atoms with van der Waals surface area (Å²) in [6, 6.07) is 12.5. The van der Waals surface area contributed by atoms with Gasteiger partial charge in [-0.05, 0) is 30.2 Å². The summed E-state index contributed by atoms with van der Waals surface area (Å²) in [6.07, 6.45) is 1.81. The first-order valence-corrected chi connectivity index (χ1v) is 6.50. The Morgan fingerprint density at radius 3 is 2.72 bits per heavy atom. The molecule has 0 amide bonds. The minimum atomic E-state index is 0.450. The molecule has 2 rings (SSSR count). The highest BCUT2D eigenvalue weighted by Crippen LogP contribution is 2.18. The number of pyridine rings is 1. The van der Waals surface area contributed by atoms with Gasteiger partial charge in [-0.2, -0.15) is 0 Å². The van der Waals surface area contributed by atoms with Gasteiger partial charge >= 0.3 is 0 Å². The first kappa shape index (κ1) is 12.9. The lowest BCUT2D eigenvalue weighted by atomic mass is 10.1. The third-order valence-corrected chi connectivity index (χ3v) is 3.32. The van der Waals surface area contributed by atoms with Crippen LogP contribution in [-0.2, 0) is 12.4 Å². The van der Waals surface area contributed by atoms with Crippen molar-refractivity contribution in [1.29, 1.82) is 0 Å². The molecule has 18 heavy (non-hydrogen) atoms. The Morgan fingerprint density at radius 2 is 2.00 bits per heavy atom. The van der Waals surface area contributed by atoms with Gasteiger partial charge in [0.1, 0.15) is 0 Å². The normalized spacial score (nSPS) is 10.4. The number of alkyl halides is 1. The lowest BCUT2D eigenvalue weighted by molar-refractivity contribution is 0.909. The summed E-state index contributed by atoms with van der Waals surface area (Å²) < 4.78 is 0. The molecular formula is C15H17ClN2. The molecule has 0 atom stereocenters. The second-order valence-electron chi connectivity index (χ2n) is 4.42. The minimum Gasteiger partial charge on any atom is -0.370 e. The number of halogens is 1. The van der Waals surface area contributed by atoms with Crippen LogP contribution in [0.2, 0.25) is 0 Å². The van der Waals surface area contributed by atoms with Crippen LogP contribution in [0.4, 0.5) is 5.69 Å². The van der Waals surface area contributed by atoms with Crippen molar-refractivity contribution in [2.24, 2.45) is 0 Å². The maximum absolute atomic E-state index is 5.81. The quantitative estimate of drug-likeness (QED) is 0.778. The van der Waals surface area contributed by atoms with Crippen LogP contribution in [-0.4, -0.2) is 12.0 Å². The van der Waals surface area contributed by atoms with E-state index in [0.717, 1.165) is 17.9 Å². The van der Waals surface area contributed by atoms with Gasteiger partial charge in [0.05, 0.1) is 11.6 Å². The molecule has 3 heteroatoms. The molecule has 0 radical (unpaired) electrons. The molecule has 0 saturated heterocycles. The van der Waals surface area contributed by atoms with Crippen LogP contribution in [0.5, 0.6) is 0 Å². The summed E-state index contributed by atoms with van der Waals surface area (Å²) in [6.45, 7) is 3.03. The van der Waals surface area contributed by atoms with E-state index in [0.29, 0.717) is 5.88 Å². The molecule has 0 aliphatic rings. The molecule has 0 bridgehead atoms. The number of aryl methyl sites for hydroxylation is 1. The standard InChI is InChI=1S/C15H17ClN2/c1-12-5-3-4-6-13(12)11-18(2)15-7-8-17-14(9-15)10-16/h3-9H,10-11H2,1-2H3. The maximum atomic E-state index is 5.81. The minimum absolute atomic E-state index is 0.450. The molecule has 0 spiro atoms. The number of rotatable bonds is 4. The van der Waals surface area contributed by atoms with Crippen LogP contribution in [0.3, 0.4) is 0 Å². The second-order valence-corrected chi connectivity index (χ2v) is 4.69. The zero-order valence-corrected chi connectivity index (χ0v) is 11.5. The van der Waals surface area contributed by atoms with Crippen molar-refractivity contribution in [3.05, 3.63) is 59.4 Å². The monoisotopic (exact) mass is 260 g/mol. The van der Waals surface area contributed by atoms with E-state index in [-0.39, 0.29) is 0 Å². The average Bonchev–Trinajstić information content (AvgIpc) is 2.41. The van der Waals surface area contributed by atoms with Crippen LogP contribution >= 0.6 is 11.6 Å². The van der Waals surface area contributed by atoms with E-state index in [1.54, 1.807) is 6.20 Å². The van der Waals surface area contributed by atoms with Crippen molar-refractivity contribution >= 4 is 17.3 Å². The van der Waals surface area contributed by atoms with Crippen LogP contribution in [0, 0.1) is 6.92 Å². The largest absolute Gasteiger partial charge is 0.370 e. The predicted molar refractivity (Wildman–Crippen MR) is 77.1 cm³/mol. The van der Waals surface area contributed by atoms with Gasteiger partial charge in [-0.1, -0.05) is 24.3 Å². The molecule has 2 aromatic rings. The third-order valence-electron chi connectivity index (χ3n) is 3.05. The molecule has 1 aromatic heterocycles. The number of benzene rings is 1. The van der Waals surface area contributed by atoms with Crippen molar-refractivity contribution in [3.63, 3.8) is 0 Å². The highest BCUT2D eigenvalue weighted by molar-refractivity contribution is 6.16. The lowest BCUT2D eigenvalue weighted by Gasteiger charge is -2.20. The molecule has 0 N–H and O–H groups in total. The predicted octanol–water partition coefficient (Wildman–Crippen LogP) is 3.77. The Morgan fingerprint density at radius 1 is 1.22 bits per heavy atom. The number of aromatic nitrogens is 1. The topological polar surface area (TPSA) is 16.1 Å². The zero-order chi connectivity index (χ0) is 13.0. The van der Waals surface area contributed by atoms with E-state index in [1.165, 1.54) is 11.1 Å². The molecule has 1 aromatic carbocycles. The van der Waals surface area contributed by atoms with Crippen molar-refractivity contribution < 1.29 is 0 Å². The van der Waals surface area contributed by atoms with Gasteiger partial charge < -0.3 is 4.90 Å². The lowest BCUT2D eigenvalue weighted by Crippen LogP contribution is -2.17. The molecule has 0 fully saturated rings. The van der Waals surface area contributed by atoms with Crippen LogP contribution in [0.15, 0.2) is 42.6 Å². The van der Waals surface area contributed by atoms with E-state index in [4.69, 9.17) is 11.6 Å². The highest BCUT2D eigenvalue weighted by Gasteiger charge is 2.05. The zero-order valence-electron chi connectivity index (χ0n) is 10.7. The molecule has 2 nitrogen and oxygen atoms in total. The Balaban J connectivity index is 2.16. The number of hydrogen-bond acceptors (Lipinski definition) is 2. The number of anilines is 1. The maximum Gasteiger partial charge on any atom is 0.0648 e. The fraction of sp³-hybridized carbons (Fsp3) is 0.267. The summed E-state index contributed by atoms with van der Waals surface area (Å²) in [5.74, 6) is 0.450. The Hall–Kier alpha value is -1.54. The third kappa shape index (κ3) is 3.02. The molecule has 0 aliphatic heterocycles. The van der Waals surface area contributed by atoms with E-state index in [1.807, 2.05) is 12.1 Å². The Kier molecular flexibility index (Phi) is 4.21. The Bertz CT molecular complexity index is 525. The summed E-state index contributed by atoms with van der Waals surface area (Å²) in [4.78, 5) is 6.41. The fourth-order valence-electron chi connectivity index (χ4n) is 1.91. The van der Waals surface area contributed by atoms with E-state index >= 15 is 0 Å². The summed E-state index contributed by atoms with van der Waals surface area (Å²) in [5, 5.41) is 0. The molecule has 0 unspecified atom stereocenters. The number of hydrogen-bond donors (Lipinski definition) is 0. The first-order chi connectivity index (χ1) is 8.70. The highest BCUT2D eigenvalue weighted by atomic mass is 35.5. The van der Waals surface area contributed by atoms with Gasteiger partial charge in [0.25, 0.3) is 0 Å². The van der Waals surface area contributed by atoms with E-state index in [2.05, 4.69) is 48.1 Å². The molecule has 0 aliphatic carbocycles. The fourth-order valence-corrected chi connectivity index (χ4v) is 2.06. The number of nitrogens with zero attached hydrogens (tertiary/aromatic N) is 2. The van der Waals surface area contributed by atoms with Gasteiger partial charge in [0.2, 0.25) is 0 Å². The van der Waals surface area contributed by atoms with Gasteiger partial charge in [0.15, 0.2) is 0 Å². The van der Waals surface area contributed by atoms with Crippen molar-refractivity contribution in [2.75, 3.05) is 11.9 Å². The SMILES string of the molecule is Cc1ccccc1CN(C)c1ccnc(CCl)c1. The summed E-state index contributed by atoms with van der Waals surface area (Å²) in [5.41, 5.74) is 4.70. The first-order valence-electron chi connectivity index (χ1n) is 5.97. The second kappa shape index (κ2) is 5.87. The summed E-state index contributed by atoms with van der Waals surface area (Å²) in [7, 11) is 2.08. The average molecular weight is 261 g/mol. The molecule has 0 saturated carbocycles. The van der Waals surface area contributed by atoms with Gasteiger partial charge in [-0.15, -0.1) is 11.6 Å². The van der Waals surface area contributed by atoms with Gasteiger partial charge in [0, 0.05) is 25.5 Å². The van der Waals surface area contributed by atoms with E-state index < -0.39 is 0 Å². The van der Waals surface area contributed by atoms with Crippen LogP contribution in [0.25, 0.3) is 0 Å². The molecule has 1 heterocycles. The van der Waals surface area contributed by atoms with Crippen LogP contribution < -0.4 is 4.90 Å². The summed E-state index contributed by atoms with van der Waals surface area (Å²) >= 11 is 5.81. The van der Waals surface area contributed by atoms with Crippen molar-refractivity contribution in [3.8, 4) is 0 Å². The Labute approximate surface area is 113 Å². The van der Waals surface area contributed by atoms with E-state index in [9.17, 15) is 0 Å². The van der Waals surface area contributed by atoms with Crippen molar-refractivity contribution in [2.45, 2.75) is 19.3 Å². The molecule has 94 valence electrons. The van der Waals surface area contributed by atoms with Crippen LogP contribution in [0.1, 0.15) is 16.8 Å².